The number of ether oxygens (including phenoxy) is 2. The van der Waals surface area contributed by atoms with Crippen LogP contribution in [0.4, 0.5) is 5.69 Å². The molecule has 0 saturated heterocycles. The van der Waals surface area contributed by atoms with Crippen LogP contribution in [0.2, 0.25) is 5.02 Å². The normalized spacial score (nSPS) is 10.3. The van der Waals surface area contributed by atoms with Crippen molar-refractivity contribution in [2.45, 2.75) is 6.54 Å². The van der Waals surface area contributed by atoms with Crippen LogP contribution >= 0.6 is 11.6 Å². The van der Waals surface area contributed by atoms with Gasteiger partial charge in [0.05, 0.1) is 6.54 Å². The van der Waals surface area contributed by atoms with E-state index in [0.29, 0.717) is 35.4 Å². The van der Waals surface area contributed by atoms with Gasteiger partial charge in [-0.3, -0.25) is 4.79 Å². The van der Waals surface area contributed by atoms with E-state index >= 15 is 0 Å². The van der Waals surface area contributed by atoms with Crippen LogP contribution in [0, 0.1) is 0 Å². The predicted molar refractivity (Wildman–Crippen MR) is 97.5 cm³/mol. The van der Waals surface area contributed by atoms with E-state index in [1.165, 1.54) is 6.33 Å². The number of amides is 1. The molecule has 0 fully saturated rings. The van der Waals surface area contributed by atoms with Gasteiger partial charge in [0.15, 0.2) is 6.61 Å². The number of hydrogen-bond donors (Lipinski definition) is 1. The second-order valence-electron chi connectivity index (χ2n) is 5.33. The molecule has 0 aliphatic rings. The third kappa shape index (κ3) is 5.49. The maximum Gasteiger partial charge on any atom is 0.262 e. The SMILES string of the molecule is O=C(COc1ccc(Cl)cc1)Nc1cccc(OCCn2cncn2)c1. The fourth-order valence-corrected chi connectivity index (χ4v) is 2.27. The van der Waals surface area contributed by atoms with Crippen LogP contribution in [0.25, 0.3) is 0 Å². The average Bonchev–Trinajstić information content (AvgIpc) is 3.15. The van der Waals surface area contributed by atoms with E-state index in [4.69, 9.17) is 21.1 Å². The van der Waals surface area contributed by atoms with Crippen molar-refractivity contribution < 1.29 is 14.3 Å². The fraction of sp³-hybridized carbons (Fsp3) is 0.167. The summed E-state index contributed by atoms with van der Waals surface area (Å²) in [5.41, 5.74) is 0.632. The lowest BCUT2D eigenvalue weighted by Gasteiger charge is -2.10. The van der Waals surface area contributed by atoms with Crippen LogP contribution < -0.4 is 14.8 Å². The van der Waals surface area contributed by atoms with E-state index in [1.54, 1.807) is 53.5 Å². The molecule has 0 unspecified atom stereocenters. The molecule has 0 atom stereocenters. The summed E-state index contributed by atoms with van der Waals surface area (Å²) >= 11 is 5.81. The van der Waals surface area contributed by atoms with Gasteiger partial charge >= 0.3 is 0 Å². The first-order chi connectivity index (χ1) is 12.7. The molecule has 0 aliphatic heterocycles. The highest BCUT2D eigenvalue weighted by atomic mass is 35.5. The third-order valence-electron chi connectivity index (χ3n) is 3.36. The van der Waals surface area contributed by atoms with E-state index in [0.717, 1.165) is 0 Å². The van der Waals surface area contributed by atoms with Crippen LogP contribution in [0.5, 0.6) is 11.5 Å². The number of carbonyl (C=O) groups is 1. The van der Waals surface area contributed by atoms with E-state index in [2.05, 4.69) is 15.4 Å². The van der Waals surface area contributed by atoms with Gasteiger partial charge in [0.2, 0.25) is 0 Å². The number of nitrogens with zero attached hydrogens (tertiary/aromatic N) is 3. The number of carbonyl (C=O) groups excluding carboxylic acids is 1. The van der Waals surface area contributed by atoms with Crippen molar-refractivity contribution in [3.63, 3.8) is 0 Å². The maximum absolute atomic E-state index is 12.0. The van der Waals surface area contributed by atoms with E-state index < -0.39 is 0 Å². The van der Waals surface area contributed by atoms with Gasteiger partial charge in [0.25, 0.3) is 5.91 Å². The number of rotatable bonds is 8. The Morgan fingerprint density at radius 2 is 1.96 bits per heavy atom. The highest BCUT2D eigenvalue weighted by molar-refractivity contribution is 6.30. The van der Waals surface area contributed by atoms with Gasteiger partial charge < -0.3 is 14.8 Å². The molecule has 3 aromatic rings. The first-order valence-corrected chi connectivity index (χ1v) is 8.30. The number of halogens is 1. The number of benzene rings is 2. The average molecular weight is 373 g/mol. The van der Waals surface area contributed by atoms with Gasteiger partial charge in [-0.1, -0.05) is 17.7 Å². The summed E-state index contributed by atoms with van der Waals surface area (Å²) < 4.78 is 12.8. The molecule has 2 aromatic carbocycles. The molecule has 8 heteroatoms. The van der Waals surface area contributed by atoms with Gasteiger partial charge in [-0.2, -0.15) is 5.10 Å². The lowest BCUT2D eigenvalue weighted by atomic mass is 10.3. The zero-order valence-corrected chi connectivity index (χ0v) is 14.6. The number of anilines is 1. The summed E-state index contributed by atoms with van der Waals surface area (Å²) in [6.07, 6.45) is 3.10. The van der Waals surface area contributed by atoms with Crippen molar-refractivity contribution >= 4 is 23.2 Å². The van der Waals surface area contributed by atoms with E-state index in [-0.39, 0.29) is 12.5 Å². The molecule has 1 aromatic heterocycles. The Morgan fingerprint density at radius 3 is 2.73 bits per heavy atom. The van der Waals surface area contributed by atoms with E-state index in [1.807, 2.05) is 6.07 Å². The van der Waals surface area contributed by atoms with Crippen LogP contribution in [-0.4, -0.2) is 33.9 Å². The molecule has 0 saturated carbocycles. The Morgan fingerprint density at radius 1 is 1.12 bits per heavy atom. The van der Waals surface area contributed by atoms with Crippen molar-refractivity contribution in [3.05, 3.63) is 66.2 Å². The van der Waals surface area contributed by atoms with Crippen molar-refractivity contribution in [2.24, 2.45) is 0 Å². The number of aromatic nitrogens is 3. The predicted octanol–water partition coefficient (Wildman–Crippen LogP) is 3.03. The fourth-order valence-electron chi connectivity index (χ4n) is 2.15. The zero-order valence-electron chi connectivity index (χ0n) is 13.8. The highest BCUT2D eigenvalue weighted by Gasteiger charge is 2.05. The highest BCUT2D eigenvalue weighted by Crippen LogP contribution is 2.18. The molecule has 0 bridgehead atoms. The van der Waals surface area contributed by atoms with Crippen LogP contribution in [0.3, 0.4) is 0 Å². The lowest BCUT2D eigenvalue weighted by molar-refractivity contribution is -0.118. The second-order valence-corrected chi connectivity index (χ2v) is 5.76. The van der Waals surface area contributed by atoms with Crippen LogP contribution in [0.1, 0.15) is 0 Å². The quantitative estimate of drug-likeness (QED) is 0.657. The molecule has 0 spiro atoms. The van der Waals surface area contributed by atoms with Crippen LogP contribution in [0.15, 0.2) is 61.2 Å². The molecule has 0 aliphatic carbocycles. The standard InChI is InChI=1S/C18H17ClN4O3/c19-14-4-6-16(7-5-14)26-11-18(24)22-15-2-1-3-17(10-15)25-9-8-23-13-20-12-21-23/h1-7,10,12-13H,8-9,11H2,(H,22,24). The van der Waals surface area contributed by atoms with Gasteiger partial charge in [-0.25, -0.2) is 9.67 Å². The summed E-state index contributed by atoms with van der Waals surface area (Å²) in [4.78, 5) is 15.9. The van der Waals surface area contributed by atoms with E-state index in [9.17, 15) is 4.79 Å². The Balaban J connectivity index is 1.46. The van der Waals surface area contributed by atoms with Gasteiger partial charge in [-0.15, -0.1) is 0 Å². The summed E-state index contributed by atoms with van der Waals surface area (Å²) in [6.45, 7) is 0.935. The van der Waals surface area contributed by atoms with Gasteiger partial charge in [0, 0.05) is 16.8 Å². The molecule has 1 amide bonds. The Bertz CT molecular complexity index is 838. The minimum atomic E-state index is -0.264. The van der Waals surface area contributed by atoms with Gasteiger partial charge in [0.1, 0.15) is 30.8 Å². The first-order valence-electron chi connectivity index (χ1n) is 7.92. The summed E-state index contributed by atoms with van der Waals surface area (Å²) in [5.74, 6) is 0.969. The first kappa shape index (κ1) is 17.8. The van der Waals surface area contributed by atoms with Crippen LogP contribution in [-0.2, 0) is 11.3 Å². The molecule has 134 valence electrons. The van der Waals surface area contributed by atoms with Crippen molar-refractivity contribution in [1.82, 2.24) is 14.8 Å². The van der Waals surface area contributed by atoms with Crippen molar-refractivity contribution in [1.29, 1.82) is 0 Å². The minimum Gasteiger partial charge on any atom is -0.492 e. The minimum absolute atomic E-state index is 0.0982. The summed E-state index contributed by atoms with van der Waals surface area (Å²) in [5, 5.41) is 7.39. The topological polar surface area (TPSA) is 78.3 Å². The molecule has 26 heavy (non-hydrogen) atoms. The van der Waals surface area contributed by atoms with Crippen molar-refractivity contribution in [2.75, 3.05) is 18.5 Å². The monoisotopic (exact) mass is 372 g/mol. The maximum atomic E-state index is 12.0. The third-order valence-corrected chi connectivity index (χ3v) is 3.61. The molecular weight excluding hydrogens is 356 g/mol. The molecule has 1 N–H and O–H groups in total. The number of nitrogens with one attached hydrogen (secondary N) is 1. The molecule has 1 heterocycles. The molecule has 7 nitrogen and oxygen atoms in total. The summed E-state index contributed by atoms with van der Waals surface area (Å²) in [7, 11) is 0. The largest absolute Gasteiger partial charge is 0.492 e. The molecule has 3 rings (SSSR count). The Hall–Kier alpha value is -3.06. The van der Waals surface area contributed by atoms with Gasteiger partial charge in [-0.05, 0) is 36.4 Å². The lowest BCUT2D eigenvalue weighted by Crippen LogP contribution is -2.20. The number of hydrogen-bond acceptors (Lipinski definition) is 5. The summed E-state index contributed by atoms with van der Waals surface area (Å²) in [6, 6.07) is 14.0. The zero-order chi connectivity index (χ0) is 18.2. The molecule has 0 radical (unpaired) electrons. The smallest absolute Gasteiger partial charge is 0.262 e. The second kappa shape index (κ2) is 8.87. The Kier molecular flexibility index (Phi) is 6.05. The molecular formula is C18H17ClN4O3. The van der Waals surface area contributed by atoms with Crippen molar-refractivity contribution in [3.8, 4) is 11.5 Å². The Labute approximate surface area is 155 Å².